The molecule has 1 heteroatoms. The van der Waals surface area contributed by atoms with Crippen molar-refractivity contribution >= 4 is 0 Å². The van der Waals surface area contributed by atoms with Crippen molar-refractivity contribution < 1.29 is 0 Å². The van der Waals surface area contributed by atoms with Gasteiger partial charge in [0, 0.05) is 6.04 Å². The van der Waals surface area contributed by atoms with E-state index >= 15 is 0 Å². The van der Waals surface area contributed by atoms with Gasteiger partial charge in [0.15, 0.2) is 0 Å². The van der Waals surface area contributed by atoms with Gasteiger partial charge in [0.2, 0.25) is 0 Å². The maximum atomic E-state index is 6.50. The second-order valence-electron chi connectivity index (χ2n) is 6.80. The zero-order valence-electron chi connectivity index (χ0n) is 12.5. The highest BCUT2D eigenvalue weighted by molar-refractivity contribution is 4.91. The van der Waals surface area contributed by atoms with Crippen LogP contribution in [0.1, 0.15) is 79.1 Å². The largest absolute Gasteiger partial charge is 0.327 e. The van der Waals surface area contributed by atoms with Gasteiger partial charge in [-0.15, -0.1) is 0 Å². The third-order valence-corrected chi connectivity index (χ3v) is 5.01. The first-order valence-electron chi connectivity index (χ1n) is 7.76. The molecule has 3 atom stereocenters. The zero-order chi connectivity index (χ0) is 12.9. The predicted molar refractivity (Wildman–Crippen MR) is 77.0 cm³/mol. The monoisotopic (exact) mass is 239 g/mol. The molecular weight excluding hydrogens is 206 g/mol. The van der Waals surface area contributed by atoms with E-state index in [1.165, 1.54) is 51.4 Å². The lowest BCUT2D eigenvalue weighted by molar-refractivity contribution is 0.196. The number of hydrogen-bond donors (Lipinski definition) is 1. The molecule has 0 heterocycles. The molecule has 1 saturated carbocycles. The molecule has 1 aliphatic rings. The predicted octanol–water partition coefficient (Wildman–Crippen LogP) is 4.75. The van der Waals surface area contributed by atoms with Gasteiger partial charge in [-0.05, 0) is 36.5 Å². The summed E-state index contributed by atoms with van der Waals surface area (Å²) in [5, 5.41) is 0. The smallest absolute Gasteiger partial charge is 0.00748 e. The van der Waals surface area contributed by atoms with Gasteiger partial charge in [0.25, 0.3) is 0 Å². The number of unbranched alkanes of at least 4 members (excludes halogenated alkanes) is 1. The number of rotatable bonds is 7. The minimum atomic E-state index is 0.439. The summed E-state index contributed by atoms with van der Waals surface area (Å²) in [4.78, 5) is 0. The Bertz CT molecular complexity index is 210. The first-order chi connectivity index (χ1) is 8.01. The molecule has 0 aromatic carbocycles. The molecule has 2 N–H and O–H groups in total. The van der Waals surface area contributed by atoms with Crippen LogP contribution in [0.2, 0.25) is 0 Å². The highest BCUT2D eigenvalue weighted by Crippen LogP contribution is 2.45. The molecule has 0 saturated heterocycles. The summed E-state index contributed by atoms with van der Waals surface area (Å²) in [6.45, 7) is 9.44. The maximum Gasteiger partial charge on any atom is 0.00748 e. The van der Waals surface area contributed by atoms with Gasteiger partial charge < -0.3 is 5.73 Å². The standard InChI is InChI=1S/C16H33N/c1-5-7-9-13(6-2)12-15(17)14-10-8-11-16(14,3)4/h13-15H,5-12,17H2,1-4H3. The third-order valence-electron chi connectivity index (χ3n) is 5.01. The van der Waals surface area contributed by atoms with E-state index in [2.05, 4.69) is 27.7 Å². The van der Waals surface area contributed by atoms with E-state index in [1.54, 1.807) is 0 Å². The highest BCUT2D eigenvalue weighted by Gasteiger charge is 2.38. The first kappa shape index (κ1) is 15.0. The van der Waals surface area contributed by atoms with E-state index in [4.69, 9.17) is 5.73 Å². The second kappa shape index (κ2) is 6.78. The van der Waals surface area contributed by atoms with Crippen molar-refractivity contribution in [3.8, 4) is 0 Å². The molecule has 102 valence electrons. The maximum absolute atomic E-state index is 6.50. The van der Waals surface area contributed by atoms with Crippen LogP contribution in [0.3, 0.4) is 0 Å². The molecule has 0 spiro atoms. The highest BCUT2D eigenvalue weighted by atomic mass is 14.7. The minimum Gasteiger partial charge on any atom is -0.327 e. The molecule has 0 aromatic heterocycles. The summed E-state index contributed by atoms with van der Waals surface area (Å²) < 4.78 is 0. The summed E-state index contributed by atoms with van der Waals surface area (Å²) in [6, 6.07) is 0.439. The van der Waals surface area contributed by atoms with E-state index in [0.717, 1.165) is 11.8 Å². The molecule has 0 radical (unpaired) electrons. The fourth-order valence-electron chi connectivity index (χ4n) is 3.68. The minimum absolute atomic E-state index is 0.439. The fraction of sp³-hybridized carbons (Fsp3) is 1.00. The van der Waals surface area contributed by atoms with Crippen molar-refractivity contribution in [2.45, 2.75) is 85.1 Å². The van der Waals surface area contributed by atoms with Crippen LogP contribution in [0.4, 0.5) is 0 Å². The Morgan fingerprint density at radius 3 is 2.47 bits per heavy atom. The molecule has 0 aliphatic heterocycles. The van der Waals surface area contributed by atoms with Crippen molar-refractivity contribution in [3.05, 3.63) is 0 Å². The normalized spacial score (nSPS) is 27.0. The molecule has 17 heavy (non-hydrogen) atoms. The van der Waals surface area contributed by atoms with Crippen LogP contribution in [-0.4, -0.2) is 6.04 Å². The zero-order valence-corrected chi connectivity index (χ0v) is 12.5. The Balaban J connectivity index is 2.43. The third kappa shape index (κ3) is 4.28. The van der Waals surface area contributed by atoms with E-state index in [0.29, 0.717) is 11.5 Å². The van der Waals surface area contributed by atoms with E-state index in [1.807, 2.05) is 0 Å². The Kier molecular flexibility index (Phi) is 5.99. The average molecular weight is 239 g/mol. The van der Waals surface area contributed by atoms with Gasteiger partial charge in [-0.2, -0.15) is 0 Å². The van der Waals surface area contributed by atoms with Crippen LogP contribution >= 0.6 is 0 Å². The van der Waals surface area contributed by atoms with E-state index in [-0.39, 0.29) is 0 Å². The number of hydrogen-bond acceptors (Lipinski definition) is 1. The van der Waals surface area contributed by atoms with Crippen molar-refractivity contribution in [3.63, 3.8) is 0 Å². The molecule has 1 fully saturated rings. The molecule has 0 bridgehead atoms. The molecule has 1 nitrogen and oxygen atoms in total. The van der Waals surface area contributed by atoms with Gasteiger partial charge in [-0.3, -0.25) is 0 Å². The van der Waals surface area contributed by atoms with Crippen molar-refractivity contribution in [2.75, 3.05) is 0 Å². The van der Waals surface area contributed by atoms with Gasteiger partial charge in [-0.1, -0.05) is 59.8 Å². The molecule has 1 rings (SSSR count). The van der Waals surface area contributed by atoms with Crippen molar-refractivity contribution in [2.24, 2.45) is 23.0 Å². The van der Waals surface area contributed by atoms with Crippen LogP contribution < -0.4 is 5.73 Å². The van der Waals surface area contributed by atoms with Crippen LogP contribution in [0.25, 0.3) is 0 Å². The Hall–Kier alpha value is -0.0400. The summed E-state index contributed by atoms with van der Waals surface area (Å²) in [5.41, 5.74) is 6.99. The summed E-state index contributed by atoms with van der Waals surface area (Å²) in [6.07, 6.45) is 10.8. The lowest BCUT2D eigenvalue weighted by atomic mass is 9.75. The van der Waals surface area contributed by atoms with E-state index in [9.17, 15) is 0 Å². The molecular formula is C16H33N. The van der Waals surface area contributed by atoms with Crippen molar-refractivity contribution in [1.29, 1.82) is 0 Å². The lowest BCUT2D eigenvalue weighted by Crippen LogP contribution is -2.37. The van der Waals surface area contributed by atoms with Crippen LogP contribution in [-0.2, 0) is 0 Å². The molecule has 3 unspecified atom stereocenters. The number of nitrogens with two attached hydrogens (primary N) is 1. The van der Waals surface area contributed by atoms with Gasteiger partial charge in [0.1, 0.15) is 0 Å². The Labute approximate surface area is 109 Å². The van der Waals surface area contributed by atoms with Crippen LogP contribution in [0.15, 0.2) is 0 Å². The van der Waals surface area contributed by atoms with Crippen LogP contribution in [0, 0.1) is 17.3 Å². The SMILES string of the molecule is CCCCC(CC)CC(N)C1CCCC1(C)C. The van der Waals surface area contributed by atoms with Crippen molar-refractivity contribution in [1.82, 2.24) is 0 Å². The van der Waals surface area contributed by atoms with Gasteiger partial charge in [-0.25, -0.2) is 0 Å². The second-order valence-corrected chi connectivity index (χ2v) is 6.80. The van der Waals surface area contributed by atoms with Gasteiger partial charge in [0.05, 0.1) is 0 Å². The van der Waals surface area contributed by atoms with E-state index < -0.39 is 0 Å². The molecule has 0 amide bonds. The summed E-state index contributed by atoms with van der Waals surface area (Å²) in [7, 11) is 0. The Morgan fingerprint density at radius 1 is 1.29 bits per heavy atom. The van der Waals surface area contributed by atoms with Gasteiger partial charge >= 0.3 is 0 Å². The Morgan fingerprint density at radius 2 is 2.00 bits per heavy atom. The summed E-state index contributed by atoms with van der Waals surface area (Å²) >= 11 is 0. The average Bonchev–Trinajstić information content (AvgIpc) is 2.63. The topological polar surface area (TPSA) is 26.0 Å². The molecule has 1 aliphatic carbocycles. The fourth-order valence-corrected chi connectivity index (χ4v) is 3.68. The first-order valence-corrected chi connectivity index (χ1v) is 7.76. The van der Waals surface area contributed by atoms with Crippen LogP contribution in [0.5, 0.6) is 0 Å². The lowest BCUT2D eigenvalue weighted by Gasteiger charge is -2.33. The molecule has 0 aromatic rings. The quantitative estimate of drug-likeness (QED) is 0.682. The summed E-state index contributed by atoms with van der Waals surface area (Å²) in [5.74, 6) is 1.62.